The molecule has 96 valence electrons. The molecule has 0 radical (unpaired) electrons. The fraction of sp³-hybridized carbons (Fsp3) is 0.286. The van der Waals surface area contributed by atoms with Gasteiger partial charge < -0.3 is 5.32 Å². The number of halogens is 2. The summed E-state index contributed by atoms with van der Waals surface area (Å²) in [6.45, 7) is 4.25. The van der Waals surface area contributed by atoms with Crippen molar-refractivity contribution in [2.45, 2.75) is 19.9 Å². The number of hydrogen-bond donors (Lipinski definition) is 1. The summed E-state index contributed by atoms with van der Waals surface area (Å²) in [6, 6.07) is 9.01. The molecular weight excluding hydrogens is 374 g/mol. The first-order valence-electron chi connectivity index (χ1n) is 5.72. The van der Waals surface area contributed by atoms with E-state index in [0.717, 1.165) is 4.47 Å². The normalized spacial score (nSPS) is 12.7. The molecule has 1 aromatic heterocycles. The van der Waals surface area contributed by atoms with Crippen molar-refractivity contribution in [3.05, 3.63) is 54.1 Å². The van der Waals surface area contributed by atoms with Crippen LogP contribution in [-0.2, 0) is 0 Å². The molecular formula is C14H15Br2NS. The van der Waals surface area contributed by atoms with Crippen molar-refractivity contribution >= 4 is 43.2 Å². The lowest BCUT2D eigenvalue weighted by molar-refractivity contribution is 0.703. The number of thiophene rings is 1. The van der Waals surface area contributed by atoms with Gasteiger partial charge in [0.05, 0.1) is 9.83 Å². The Morgan fingerprint density at radius 1 is 1.11 bits per heavy atom. The lowest BCUT2D eigenvalue weighted by Gasteiger charge is -2.16. The van der Waals surface area contributed by atoms with Gasteiger partial charge in [0, 0.05) is 9.35 Å². The standard InChI is InChI=1S/C14H15Br2NS/c1-8-6-10(4-5-11(8)15)13(17-3)12-7-9(2)14(16)18-12/h4-7,13,17H,1-3H3. The lowest BCUT2D eigenvalue weighted by atomic mass is 10.0. The molecule has 0 aliphatic rings. The minimum absolute atomic E-state index is 0.256. The monoisotopic (exact) mass is 387 g/mol. The van der Waals surface area contributed by atoms with Crippen LogP contribution in [0.1, 0.15) is 27.6 Å². The molecule has 1 heterocycles. The van der Waals surface area contributed by atoms with Crippen LogP contribution in [0.3, 0.4) is 0 Å². The summed E-state index contributed by atoms with van der Waals surface area (Å²) < 4.78 is 2.37. The largest absolute Gasteiger partial charge is 0.309 e. The highest BCUT2D eigenvalue weighted by Gasteiger charge is 2.16. The van der Waals surface area contributed by atoms with Crippen LogP contribution in [-0.4, -0.2) is 7.05 Å². The molecule has 0 bridgehead atoms. The first-order chi connectivity index (χ1) is 8.52. The van der Waals surface area contributed by atoms with E-state index in [1.807, 2.05) is 7.05 Å². The average Bonchev–Trinajstić information content (AvgIpc) is 2.65. The molecule has 0 spiro atoms. The molecule has 0 amide bonds. The Bertz CT molecular complexity index is 543. The molecule has 0 saturated carbocycles. The lowest BCUT2D eigenvalue weighted by Crippen LogP contribution is -2.16. The average molecular weight is 389 g/mol. The van der Waals surface area contributed by atoms with Gasteiger partial charge in [0.2, 0.25) is 0 Å². The third kappa shape index (κ3) is 2.87. The third-order valence-corrected chi connectivity index (χ3v) is 6.06. The van der Waals surface area contributed by atoms with Gasteiger partial charge in [0.1, 0.15) is 0 Å². The van der Waals surface area contributed by atoms with E-state index in [9.17, 15) is 0 Å². The molecule has 18 heavy (non-hydrogen) atoms. The van der Waals surface area contributed by atoms with Crippen LogP contribution < -0.4 is 5.32 Å². The molecule has 0 fully saturated rings. The van der Waals surface area contributed by atoms with Crippen LogP contribution in [0.2, 0.25) is 0 Å². The predicted molar refractivity (Wildman–Crippen MR) is 86.5 cm³/mol. The van der Waals surface area contributed by atoms with E-state index >= 15 is 0 Å². The van der Waals surface area contributed by atoms with Gasteiger partial charge in [-0.1, -0.05) is 28.1 Å². The maximum Gasteiger partial charge on any atom is 0.0731 e. The number of hydrogen-bond acceptors (Lipinski definition) is 2. The van der Waals surface area contributed by atoms with Gasteiger partial charge in [-0.25, -0.2) is 0 Å². The molecule has 1 unspecified atom stereocenters. The third-order valence-electron chi connectivity index (χ3n) is 2.96. The molecule has 1 N–H and O–H groups in total. The van der Waals surface area contributed by atoms with E-state index in [0.29, 0.717) is 0 Å². The summed E-state index contributed by atoms with van der Waals surface area (Å²) in [5.74, 6) is 0. The van der Waals surface area contributed by atoms with Crippen molar-refractivity contribution in [3.8, 4) is 0 Å². The van der Waals surface area contributed by atoms with E-state index in [4.69, 9.17) is 0 Å². The summed E-state index contributed by atoms with van der Waals surface area (Å²) in [4.78, 5) is 1.34. The Labute approximate surface area is 129 Å². The first-order valence-corrected chi connectivity index (χ1v) is 8.12. The van der Waals surface area contributed by atoms with Crippen molar-refractivity contribution in [1.82, 2.24) is 5.32 Å². The number of rotatable bonds is 3. The van der Waals surface area contributed by atoms with Crippen LogP contribution in [0.4, 0.5) is 0 Å². The van der Waals surface area contributed by atoms with Crippen molar-refractivity contribution in [2.75, 3.05) is 7.05 Å². The zero-order valence-corrected chi connectivity index (χ0v) is 14.5. The van der Waals surface area contributed by atoms with Gasteiger partial charge >= 0.3 is 0 Å². The Morgan fingerprint density at radius 3 is 2.33 bits per heavy atom. The van der Waals surface area contributed by atoms with Crippen molar-refractivity contribution in [1.29, 1.82) is 0 Å². The van der Waals surface area contributed by atoms with Gasteiger partial charge in [-0.2, -0.15) is 0 Å². The highest BCUT2D eigenvalue weighted by atomic mass is 79.9. The molecule has 4 heteroatoms. The fourth-order valence-corrected chi connectivity index (χ4v) is 3.90. The van der Waals surface area contributed by atoms with E-state index in [2.05, 4.69) is 75.3 Å². The first kappa shape index (κ1) is 14.3. The van der Waals surface area contributed by atoms with Gasteiger partial charge in [-0.15, -0.1) is 11.3 Å². The molecule has 0 saturated heterocycles. The summed E-state index contributed by atoms with van der Waals surface area (Å²) in [5, 5.41) is 3.40. The summed E-state index contributed by atoms with van der Waals surface area (Å²) in [6.07, 6.45) is 0. The van der Waals surface area contributed by atoms with E-state index < -0.39 is 0 Å². The second kappa shape index (κ2) is 5.87. The van der Waals surface area contributed by atoms with Crippen LogP contribution in [0.5, 0.6) is 0 Å². The molecule has 1 nitrogen and oxygen atoms in total. The Hall–Kier alpha value is -0.160. The number of nitrogens with one attached hydrogen (secondary N) is 1. The van der Waals surface area contributed by atoms with Gasteiger partial charge in [-0.05, 0) is 65.6 Å². The zero-order valence-electron chi connectivity index (χ0n) is 10.6. The molecule has 0 aliphatic heterocycles. The molecule has 2 aromatic rings. The molecule has 0 aliphatic carbocycles. The summed E-state index contributed by atoms with van der Waals surface area (Å²) in [7, 11) is 2.00. The Morgan fingerprint density at radius 2 is 1.83 bits per heavy atom. The minimum Gasteiger partial charge on any atom is -0.309 e. The van der Waals surface area contributed by atoms with Crippen molar-refractivity contribution < 1.29 is 0 Å². The van der Waals surface area contributed by atoms with E-state index in [1.54, 1.807) is 11.3 Å². The molecule has 2 rings (SSSR count). The van der Waals surface area contributed by atoms with E-state index in [-0.39, 0.29) is 6.04 Å². The molecule has 1 atom stereocenters. The van der Waals surface area contributed by atoms with Crippen LogP contribution in [0, 0.1) is 13.8 Å². The second-order valence-corrected chi connectivity index (χ2v) is 7.59. The van der Waals surface area contributed by atoms with Crippen molar-refractivity contribution in [2.24, 2.45) is 0 Å². The second-order valence-electron chi connectivity index (χ2n) is 4.34. The summed E-state index contributed by atoms with van der Waals surface area (Å²) in [5.41, 5.74) is 3.86. The van der Waals surface area contributed by atoms with Crippen LogP contribution in [0.25, 0.3) is 0 Å². The maximum atomic E-state index is 3.60. The van der Waals surface area contributed by atoms with Gasteiger partial charge in [0.25, 0.3) is 0 Å². The Kier molecular flexibility index (Phi) is 4.64. The van der Waals surface area contributed by atoms with Crippen molar-refractivity contribution in [3.63, 3.8) is 0 Å². The highest BCUT2D eigenvalue weighted by Crippen LogP contribution is 2.35. The quantitative estimate of drug-likeness (QED) is 0.761. The topological polar surface area (TPSA) is 12.0 Å². The Balaban J connectivity index is 2.41. The van der Waals surface area contributed by atoms with E-state index in [1.165, 1.54) is 25.4 Å². The zero-order chi connectivity index (χ0) is 13.3. The number of benzene rings is 1. The smallest absolute Gasteiger partial charge is 0.0731 e. The number of aryl methyl sites for hydroxylation is 2. The van der Waals surface area contributed by atoms with Crippen LogP contribution >= 0.6 is 43.2 Å². The van der Waals surface area contributed by atoms with Gasteiger partial charge in [-0.3, -0.25) is 0 Å². The maximum absolute atomic E-state index is 3.60. The van der Waals surface area contributed by atoms with Crippen LogP contribution in [0.15, 0.2) is 32.5 Å². The SMILES string of the molecule is CNC(c1ccc(Br)c(C)c1)c1cc(C)c(Br)s1. The molecule has 1 aromatic carbocycles. The fourth-order valence-electron chi connectivity index (χ4n) is 1.95. The predicted octanol–water partition coefficient (Wildman–Crippen LogP) is 5.20. The van der Waals surface area contributed by atoms with Gasteiger partial charge in [0.15, 0.2) is 0 Å². The highest BCUT2D eigenvalue weighted by molar-refractivity contribution is 9.11. The minimum atomic E-state index is 0.256. The summed E-state index contributed by atoms with van der Waals surface area (Å²) >= 11 is 8.94.